The fourth-order valence-corrected chi connectivity index (χ4v) is 2.44. The highest BCUT2D eigenvalue weighted by Crippen LogP contribution is 2.15. The molecular weight excluding hydrogens is 377 g/mol. The average molecular weight is 403 g/mol. The monoisotopic (exact) mass is 403 g/mol. The Balaban J connectivity index is 0.00000400. The van der Waals surface area contributed by atoms with Crippen LogP contribution in [0.4, 0.5) is 0 Å². The standard InChI is InChI=1S/C17H26NO2.HI/c1-4-17(19)20-14-10-13-18(5-2,6-3)15-16-11-8-7-9-12-16;/h4,7-9,11-12H,1,5-6,10,13-15H2,2-3H3;1H/q+1;/p-1. The van der Waals surface area contributed by atoms with E-state index >= 15 is 0 Å². The highest BCUT2D eigenvalue weighted by molar-refractivity contribution is 5.81. The van der Waals surface area contributed by atoms with Crippen LogP contribution in [-0.4, -0.2) is 36.7 Å². The van der Waals surface area contributed by atoms with Gasteiger partial charge in [-0.05, 0) is 13.8 Å². The summed E-state index contributed by atoms with van der Waals surface area (Å²) in [6.45, 7) is 12.5. The first-order valence-corrected chi connectivity index (χ1v) is 7.34. The number of benzene rings is 1. The SMILES string of the molecule is C=CC(=O)OCCC[N+](CC)(CC)Cc1ccccc1.[I-]. The summed E-state index contributed by atoms with van der Waals surface area (Å²) in [5.74, 6) is -0.334. The van der Waals surface area contributed by atoms with Crippen LogP contribution in [0.2, 0.25) is 0 Å². The van der Waals surface area contributed by atoms with Gasteiger partial charge in [0.15, 0.2) is 0 Å². The lowest BCUT2D eigenvalue weighted by Gasteiger charge is -2.37. The molecule has 0 aliphatic rings. The Morgan fingerprint density at radius 2 is 1.86 bits per heavy atom. The van der Waals surface area contributed by atoms with E-state index in [1.807, 2.05) is 6.07 Å². The zero-order valence-electron chi connectivity index (χ0n) is 13.1. The smallest absolute Gasteiger partial charge is 0.330 e. The maximum absolute atomic E-state index is 11.0. The number of rotatable bonds is 9. The minimum absolute atomic E-state index is 0. The number of hydrogen-bond acceptors (Lipinski definition) is 2. The van der Waals surface area contributed by atoms with Crippen molar-refractivity contribution in [1.82, 2.24) is 0 Å². The molecule has 0 amide bonds. The second-order valence-corrected chi connectivity index (χ2v) is 5.07. The van der Waals surface area contributed by atoms with E-state index in [1.54, 1.807) is 0 Å². The Bertz CT molecular complexity index is 416. The third-order valence-corrected chi connectivity index (χ3v) is 3.89. The van der Waals surface area contributed by atoms with E-state index in [-0.39, 0.29) is 29.9 Å². The Kier molecular flexibility index (Phi) is 10.3. The minimum Gasteiger partial charge on any atom is -1.00 e. The summed E-state index contributed by atoms with van der Waals surface area (Å²) in [4.78, 5) is 11.0. The highest BCUT2D eigenvalue weighted by Gasteiger charge is 2.23. The summed E-state index contributed by atoms with van der Waals surface area (Å²) in [5, 5.41) is 0. The fourth-order valence-electron chi connectivity index (χ4n) is 2.44. The summed E-state index contributed by atoms with van der Waals surface area (Å²) in [5.41, 5.74) is 1.36. The van der Waals surface area contributed by atoms with Crippen molar-refractivity contribution in [3.63, 3.8) is 0 Å². The zero-order chi connectivity index (χ0) is 14.8. The van der Waals surface area contributed by atoms with Crippen molar-refractivity contribution in [3.8, 4) is 0 Å². The number of quaternary nitrogens is 1. The number of carbonyl (C=O) groups is 1. The van der Waals surface area contributed by atoms with Gasteiger partial charge in [-0.15, -0.1) is 0 Å². The molecule has 0 aromatic heterocycles. The molecule has 0 saturated carbocycles. The molecule has 3 nitrogen and oxygen atoms in total. The van der Waals surface area contributed by atoms with Crippen LogP contribution in [0.3, 0.4) is 0 Å². The molecule has 0 heterocycles. The molecule has 0 fully saturated rings. The zero-order valence-corrected chi connectivity index (χ0v) is 15.2. The van der Waals surface area contributed by atoms with Gasteiger partial charge in [0.05, 0.1) is 26.2 Å². The van der Waals surface area contributed by atoms with E-state index in [0.29, 0.717) is 6.61 Å². The number of esters is 1. The van der Waals surface area contributed by atoms with Crippen molar-refractivity contribution in [3.05, 3.63) is 48.6 Å². The van der Waals surface area contributed by atoms with Crippen LogP contribution in [0.15, 0.2) is 43.0 Å². The molecule has 1 aromatic carbocycles. The third kappa shape index (κ3) is 7.09. The minimum atomic E-state index is -0.334. The molecule has 0 radical (unpaired) electrons. The molecule has 0 bridgehead atoms. The van der Waals surface area contributed by atoms with Gasteiger partial charge in [0.2, 0.25) is 0 Å². The molecular formula is C17H26INO2. The van der Waals surface area contributed by atoms with E-state index in [1.165, 1.54) is 11.6 Å². The third-order valence-electron chi connectivity index (χ3n) is 3.89. The molecule has 0 unspecified atom stereocenters. The molecule has 0 spiro atoms. The predicted molar refractivity (Wildman–Crippen MR) is 82.1 cm³/mol. The molecule has 1 aromatic rings. The number of halogens is 1. The van der Waals surface area contributed by atoms with Crippen LogP contribution in [-0.2, 0) is 16.1 Å². The fraction of sp³-hybridized carbons (Fsp3) is 0.471. The van der Waals surface area contributed by atoms with Crippen LogP contribution in [0.1, 0.15) is 25.8 Å². The summed E-state index contributed by atoms with van der Waals surface area (Å²) in [6, 6.07) is 10.6. The van der Waals surface area contributed by atoms with Crippen LogP contribution in [0, 0.1) is 0 Å². The van der Waals surface area contributed by atoms with Crippen molar-refractivity contribution in [2.45, 2.75) is 26.8 Å². The lowest BCUT2D eigenvalue weighted by molar-refractivity contribution is -0.938. The van der Waals surface area contributed by atoms with E-state index in [4.69, 9.17) is 4.74 Å². The average Bonchev–Trinajstić information content (AvgIpc) is 2.51. The molecule has 21 heavy (non-hydrogen) atoms. The summed E-state index contributed by atoms with van der Waals surface area (Å²) in [7, 11) is 0. The lowest BCUT2D eigenvalue weighted by atomic mass is 10.1. The molecule has 1 rings (SSSR count). The van der Waals surface area contributed by atoms with Crippen molar-refractivity contribution < 1.29 is 38.0 Å². The Hall–Kier alpha value is -0.880. The number of nitrogens with zero attached hydrogens (tertiary/aromatic N) is 1. The molecule has 0 N–H and O–H groups in total. The first-order valence-electron chi connectivity index (χ1n) is 7.34. The largest absolute Gasteiger partial charge is 1.00 e. The normalized spacial score (nSPS) is 10.6. The quantitative estimate of drug-likeness (QED) is 0.193. The lowest BCUT2D eigenvalue weighted by Crippen LogP contribution is -3.00. The Morgan fingerprint density at radius 1 is 1.24 bits per heavy atom. The topological polar surface area (TPSA) is 26.3 Å². The molecule has 0 aliphatic heterocycles. The van der Waals surface area contributed by atoms with Gasteiger partial charge in [-0.1, -0.05) is 36.9 Å². The molecule has 0 saturated heterocycles. The van der Waals surface area contributed by atoms with E-state index in [2.05, 4.69) is 44.7 Å². The van der Waals surface area contributed by atoms with Gasteiger partial charge in [-0.3, -0.25) is 0 Å². The van der Waals surface area contributed by atoms with E-state index in [0.717, 1.165) is 37.1 Å². The van der Waals surface area contributed by atoms with Crippen LogP contribution >= 0.6 is 0 Å². The van der Waals surface area contributed by atoms with Crippen molar-refractivity contribution in [2.24, 2.45) is 0 Å². The predicted octanol–water partition coefficient (Wildman–Crippen LogP) is 0.167. The van der Waals surface area contributed by atoms with Gasteiger partial charge in [0.1, 0.15) is 6.54 Å². The van der Waals surface area contributed by atoms with Crippen molar-refractivity contribution in [2.75, 3.05) is 26.2 Å². The van der Waals surface area contributed by atoms with Crippen LogP contribution in [0.25, 0.3) is 0 Å². The summed E-state index contributed by atoms with van der Waals surface area (Å²) in [6.07, 6.45) is 2.10. The Labute approximate surface area is 145 Å². The van der Waals surface area contributed by atoms with Crippen LogP contribution in [0.5, 0.6) is 0 Å². The second-order valence-electron chi connectivity index (χ2n) is 5.07. The molecule has 4 heteroatoms. The van der Waals surface area contributed by atoms with E-state index < -0.39 is 0 Å². The number of ether oxygens (including phenoxy) is 1. The van der Waals surface area contributed by atoms with Crippen molar-refractivity contribution >= 4 is 5.97 Å². The van der Waals surface area contributed by atoms with E-state index in [9.17, 15) is 4.79 Å². The maximum Gasteiger partial charge on any atom is 0.330 e. The number of carbonyl (C=O) groups excluding carboxylic acids is 1. The van der Waals surface area contributed by atoms with Gasteiger partial charge >= 0.3 is 5.97 Å². The number of hydrogen-bond donors (Lipinski definition) is 0. The first kappa shape index (κ1) is 20.1. The van der Waals surface area contributed by atoms with Gasteiger partial charge < -0.3 is 33.2 Å². The first-order chi connectivity index (χ1) is 9.65. The Morgan fingerprint density at radius 3 is 2.38 bits per heavy atom. The second kappa shape index (κ2) is 10.8. The molecule has 0 atom stereocenters. The summed E-state index contributed by atoms with van der Waals surface area (Å²) < 4.78 is 6.08. The van der Waals surface area contributed by atoms with Crippen LogP contribution < -0.4 is 24.0 Å². The van der Waals surface area contributed by atoms with Gasteiger partial charge in [0.25, 0.3) is 0 Å². The van der Waals surface area contributed by atoms with Crippen molar-refractivity contribution in [1.29, 1.82) is 0 Å². The van der Waals surface area contributed by atoms with Gasteiger partial charge in [-0.2, -0.15) is 0 Å². The molecule has 0 aliphatic carbocycles. The van der Waals surface area contributed by atoms with Gasteiger partial charge in [0, 0.05) is 18.1 Å². The van der Waals surface area contributed by atoms with Gasteiger partial charge in [-0.25, -0.2) is 4.79 Å². The molecule has 118 valence electrons. The maximum atomic E-state index is 11.0. The highest BCUT2D eigenvalue weighted by atomic mass is 127. The summed E-state index contributed by atoms with van der Waals surface area (Å²) >= 11 is 0.